The van der Waals surface area contributed by atoms with E-state index in [0.29, 0.717) is 22.7 Å². The van der Waals surface area contributed by atoms with Gasteiger partial charge in [0.15, 0.2) is 11.5 Å². The number of nitrogens with zero attached hydrogens (tertiary/aromatic N) is 4. The van der Waals surface area contributed by atoms with Crippen LogP contribution in [0.2, 0.25) is 0 Å². The lowest BCUT2D eigenvalue weighted by Gasteiger charge is -2.26. The number of carbonyl (C=O) groups excluding carboxylic acids is 2. The maximum atomic E-state index is 13.4. The number of amides is 2. The van der Waals surface area contributed by atoms with Crippen LogP contribution in [0.15, 0.2) is 42.5 Å². The van der Waals surface area contributed by atoms with Gasteiger partial charge in [-0.1, -0.05) is 36.6 Å². The minimum Gasteiger partial charge on any atom is -0.454 e. The fourth-order valence-electron chi connectivity index (χ4n) is 4.29. The first kappa shape index (κ1) is 20.3. The number of para-hydroxylation sites is 1. The number of aromatic nitrogens is 3. The fraction of sp³-hybridized carbons (Fsp3) is 0.391. The first-order chi connectivity index (χ1) is 15.7. The van der Waals surface area contributed by atoms with Crippen LogP contribution in [-0.2, 0) is 16.1 Å². The zero-order chi connectivity index (χ0) is 21.9. The molecule has 1 fully saturated rings. The summed E-state index contributed by atoms with van der Waals surface area (Å²) in [7, 11) is 0. The molecule has 2 heterocycles. The van der Waals surface area contributed by atoms with Gasteiger partial charge in [-0.25, -0.2) is 4.68 Å². The first-order valence-corrected chi connectivity index (χ1v) is 10.9. The molecule has 0 saturated heterocycles. The Kier molecular flexibility index (Phi) is 5.62. The molecule has 2 aliphatic rings. The number of ether oxygens (including phenoxy) is 2. The quantitative estimate of drug-likeness (QED) is 0.639. The molecular formula is C23H25N5O4. The van der Waals surface area contributed by atoms with E-state index in [1.54, 1.807) is 22.9 Å². The van der Waals surface area contributed by atoms with Crippen LogP contribution in [0.1, 0.15) is 32.1 Å². The van der Waals surface area contributed by atoms with Crippen LogP contribution in [0.3, 0.4) is 0 Å². The zero-order valence-corrected chi connectivity index (χ0v) is 17.7. The van der Waals surface area contributed by atoms with Crippen molar-refractivity contribution in [1.29, 1.82) is 0 Å². The minimum absolute atomic E-state index is 0.0360. The molecule has 32 heavy (non-hydrogen) atoms. The number of carbonyl (C=O) groups is 2. The SMILES string of the molecule is O=C(CN(C(=O)Cn1nnc2ccccc21)c1ccc2c(c1)OCO2)NC1CCCCC1. The van der Waals surface area contributed by atoms with Crippen LogP contribution >= 0.6 is 0 Å². The van der Waals surface area contributed by atoms with Gasteiger partial charge in [-0.15, -0.1) is 5.10 Å². The summed E-state index contributed by atoms with van der Waals surface area (Å²) in [4.78, 5) is 27.7. The van der Waals surface area contributed by atoms with Gasteiger partial charge in [0.25, 0.3) is 0 Å². The van der Waals surface area contributed by atoms with Crippen molar-refractivity contribution >= 4 is 28.5 Å². The lowest BCUT2D eigenvalue weighted by atomic mass is 9.95. The number of nitrogens with one attached hydrogen (secondary N) is 1. The third kappa shape index (κ3) is 4.23. The number of rotatable bonds is 6. The lowest BCUT2D eigenvalue weighted by molar-refractivity contribution is -0.124. The van der Waals surface area contributed by atoms with E-state index in [4.69, 9.17) is 9.47 Å². The van der Waals surface area contributed by atoms with Gasteiger partial charge in [0.1, 0.15) is 18.6 Å². The van der Waals surface area contributed by atoms with Gasteiger partial charge in [-0.2, -0.15) is 0 Å². The van der Waals surface area contributed by atoms with Gasteiger partial charge in [-0.3, -0.25) is 9.59 Å². The Morgan fingerprint density at radius 1 is 1.06 bits per heavy atom. The van der Waals surface area contributed by atoms with Crippen molar-refractivity contribution in [2.45, 2.75) is 44.7 Å². The number of hydrogen-bond acceptors (Lipinski definition) is 6. The topological polar surface area (TPSA) is 98.6 Å². The maximum Gasteiger partial charge on any atom is 0.249 e. The van der Waals surface area contributed by atoms with Gasteiger partial charge >= 0.3 is 0 Å². The molecule has 1 saturated carbocycles. The lowest BCUT2D eigenvalue weighted by Crippen LogP contribution is -2.45. The monoisotopic (exact) mass is 435 g/mol. The molecule has 9 nitrogen and oxygen atoms in total. The molecule has 9 heteroatoms. The fourth-order valence-corrected chi connectivity index (χ4v) is 4.29. The van der Waals surface area contributed by atoms with Gasteiger partial charge in [0, 0.05) is 17.8 Å². The molecule has 5 rings (SSSR count). The normalized spacial score (nSPS) is 15.6. The van der Waals surface area contributed by atoms with E-state index in [-0.39, 0.29) is 37.7 Å². The van der Waals surface area contributed by atoms with Crippen LogP contribution < -0.4 is 19.7 Å². The van der Waals surface area contributed by atoms with Crippen molar-refractivity contribution in [2.75, 3.05) is 18.2 Å². The average Bonchev–Trinajstić information content (AvgIpc) is 3.45. The Balaban J connectivity index is 1.38. The van der Waals surface area contributed by atoms with E-state index in [2.05, 4.69) is 15.6 Å². The van der Waals surface area contributed by atoms with Crippen molar-refractivity contribution in [3.63, 3.8) is 0 Å². The number of hydrogen-bond donors (Lipinski definition) is 1. The highest BCUT2D eigenvalue weighted by molar-refractivity contribution is 5.99. The van der Waals surface area contributed by atoms with Crippen molar-refractivity contribution < 1.29 is 19.1 Å². The van der Waals surface area contributed by atoms with Gasteiger partial charge < -0.3 is 19.7 Å². The molecule has 0 bridgehead atoms. The zero-order valence-electron chi connectivity index (χ0n) is 17.7. The van der Waals surface area contributed by atoms with Gasteiger partial charge in [0.2, 0.25) is 18.6 Å². The van der Waals surface area contributed by atoms with E-state index in [9.17, 15) is 9.59 Å². The molecule has 3 aromatic rings. The maximum absolute atomic E-state index is 13.4. The summed E-state index contributed by atoms with van der Waals surface area (Å²) in [6, 6.07) is 12.9. The first-order valence-electron chi connectivity index (χ1n) is 10.9. The van der Waals surface area contributed by atoms with E-state index in [1.165, 1.54) is 11.3 Å². The average molecular weight is 435 g/mol. The Bertz CT molecular complexity index is 1140. The molecular weight excluding hydrogens is 410 g/mol. The van der Waals surface area contributed by atoms with Crippen molar-refractivity contribution in [3.05, 3.63) is 42.5 Å². The molecule has 2 amide bonds. The van der Waals surface area contributed by atoms with Crippen LogP contribution in [0, 0.1) is 0 Å². The number of benzene rings is 2. The van der Waals surface area contributed by atoms with Crippen molar-refractivity contribution in [3.8, 4) is 11.5 Å². The Labute approximate surface area is 185 Å². The van der Waals surface area contributed by atoms with E-state index in [0.717, 1.165) is 31.2 Å². The smallest absolute Gasteiger partial charge is 0.249 e. The molecule has 1 N–H and O–H groups in total. The number of fused-ring (bicyclic) bond motifs is 2. The summed E-state index contributed by atoms with van der Waals surface area (Å²) in [6.45, 7) is 0.0209. The molecule has 166 valence electrons. The summed E-state index contributed by atoms with van der Waals surface area (Å²) < 4.78 is 12.4. The Hall–Kier alpha value is -3.62. The highest BCUT2D eigenvalue weighted by atomic mass is 16.7. The Morgan fingerprint density at radius 3 is 2.75 bits per heavy atom. The third-order valence-electron chi connectivity index (χ3n) is 5.95. The van der Waals surface area contributed by atoms with E-state index < -0.39 is 0 Å². The number of anilines is 1. The molecule has 2 aromatic carbocycles. The highest BCUT2D eigenvalue weighted by Crippen LogP contribution is 2.35. The summed E-state index contributed by atoms with van der Waals surface area (Å²) in [5.41, 5.74) is 2.05. The second-order valence-electron chi connectivity index (χ2n) is 8.16. The van der Waals surface area contributed by atoms with Crippen molar-refractivity contribution in [2.24, 2.45) is 0 Å². The van der Waals surface area contributed by atoms with Crippen LogP contribution in [0.5, 0.6) is 11.5 Å². The molecule has 1 aromatic heterocycles. The van der Waals surface area contributed by atoms with Crippen LogP contribution in [0.25, 0.3) is 11.0 Å². The molecule has 1 aliphatic carbocycles. The van der Waals surface area contributed by atoms with E-state index in [1.807, 2.05) is 24.3 Å². The standard InChI is InChI=1S/C23H25N5O4/c29-22(24-16-6-2-1-3-7-16)13-27(17-10-11-20-21(12-17)32-15-31-20)23(30)14-28-19-9-5-4-8-18(19)25-26-28/h4-5,8-12,16H,1-3,6-7,13-15H2,(H,24,29). The van der Waals surface area contributed by atoms with Crippen molar-refractivity contribution in [1.82, 2.24) is 20.3 Å². The molecule has 0 radical (unpaired) electrons. The predicted octanol–water partition coefficient (Wildman–Crippen LogP) is 2.64. The summed E-state index contributed by atoms with van der Waals surface area (Å²) in [5, 5.41) is 11.3. The van der Waals surface area contributed by atoms with Crippen LogP contribution in [-0.4, -0.2) is 46.2 Å². The second-order valence-corrected chi connectivity index (χ2v) is 8.16. The second kappa shape index (κ2) is 8.86. The summed E-state index contributed by atoms with van der Waals surface area (Å²) in [6.07, 6.45) is 5.41. The largest absolute Gasteiger partial charge is 0.454 e. The third-order valence-corrected chi connectivity index (χ3v) is 5.95. The minimum atomic E-state index is -0.265. The summed E-state index contributed by atoms with van der Waals surface area (Å²) in [5.74, 6) is 0.735. The van der Waals surface area contributed by atoms with E-state index >= 15 is 0 Å². The molecule has 1 aliphatic heterocycles. The molecule has 0 spiro atoms. The molecule has 0 atom stereocenters. The molecule has 0 unspecified atom stereocenters. The van der Waals surface area contributed by atoms with Gasteiger partial charge in [-0.05, 0) is 37.1 Å². The van der Waals surface area contributed by atoms with Gasteiger partial charge in [0.05, 0.1) is 5.52 Å². The summed E-state index contributed by atoms with van der Waals surface area (Å²) >= 11 is 0. The highest BCUT2D eigenvalue weighted by Gasteiger charge is 2.25. The Morgan fingerprint density at radius 2 is 1.88 bits per heavy atom. The van der Waals surface area contributed by atoms with Crippen LogP contribution in [0.4, 0.5) is 5.69 Å². The predicted molar refractivity (Wildman–Crippen MR) is 117 cm³/mol.